The van der Waals surface area contributed by atoms with E-state index in [9.17, 15) is 4.79 Å². The molecule has 0 aliphatic heterocycles. The second kappa shape index (κ2) is 6.36. The first kappa shape index (κ1) is 14.8. The van der Waals surface area contributed by atoms with Crippen molar-refractivity contribution in [1.29, 1.82) is 0 Å². The summed E-state index contributed by atoms with van der Waals surface area (Å²) in [7, 11) is 1.58. The lowest BCUT2D eigenvalue weighted by molar-refractivity contribution is 0.326. The van der Waals surface area contributed by atoms with Crippen LogP contribution in [-0.2, 0) is 0 Å². The number of fused-ring (bicyclic) bond motifs is 1. The van der Waals surface area contributed by atoms with Gasteiger partial charge in [-0.15, -0.1) is 0 Å². The Bertz CT molecular complexity index is 916. The number of hydrogen-bond acceptors (Lipinski definition) is 4. The average molecular weight is 308 g/mol. The van der Waals surface area contributed by atoms with Crippen LogP contribution >= 0.6 is 0 Å². The van der Waals surface area contributed by atoms with Crippen molar-refractivity contribution in [2.45, 2.75) is 0 Å². The molecule has 3 rings (SSSR count). The van der Waals surface area contributed by atoms with E-state index in [2.05, 4.69) is 16.5 Å². The normalized spacial score (nSPS) is 10.5. The molecule has 3 aromatic rings. The van der Waals surface area contributed by atoms with Crippen LogP contribution in [0.3, 0.4) is 0 Å². The molecule has 0 aliphatic carbocycles. The van der Waals surface area contributed by atoms with Crippen LogP contribution in [0, 0.1) is 0 Å². The Labute approximate surface area is 133 Å². The number of nitrogens with one attached hydrogen (secondary N) is 1. The zero-order valence-electron chi connectivity index (χ0n) is 12.7. The number of aromatic nitrogens is 2. The van der Waals surface area contributed by atoms with E-state index < -0.39 is 0 Å². The molecular formula is C18H16N2O3. The van der Waals surface area contributed by atoms with Gasteiger partial charge in [0.25, 0.3) is 5.56 Å². The van der Waals surface area contributed by atoms with Gasteiger partial charge < -0.3 is 14.5 Å². The molecule has 5 nitrogen and oxygen atoms in total. The Hall–Kier alpha value is -3.08. The molecule has 0 saturated carbocycles. The Morgan fingerprint density at radius 1 is 1.22 bits per heavy atom. The number of hydrogen-bond donors (Lipinski definition) is 1. The van der Waals surface area contributed by atoms with Gasteiger partial charge in [0, 0.05) is 5.56 Å². The van der Waals surface area contributed by atoms with Gasteiger partial charge in [0.2, 0.25) is 0 Å². The predicted molar refractivity (Wildman–Crippen MR) is 90.0 cm³/mol. The molecule has 1 N–H and O–H groups in total. The van der Waals surface area contributed by atoms with Gasteiger partial charge in [0.05, 0.1) is 18.0 Å². The van der Waals surface area contributed by atoms with Crippen LogP contribution in [0.2, 0.25) is 0 Å². The van der Waals surface area contributed by atoms with E-state index in [0.717, 1.165) is 5.56 Å². The van der Waals surface area contributed by atoms with E-state index in [1.54, 1.807) is 31.4 Å². The fourth-order valence-corrected chi connectivity index (χ4v) is 2.31. The quantitative estimate of drug-likeness (QED) is 0.735. The van der Waals surface area contributed by atoms with Gasteiger partial charge >= 0.3 is 0 Å². The molecule has 0 saturated heterocycles. The van der Waals surface area contributed by atoms with Crippen molar-refractivity contribution in [2.24, 2.45) is 0 Å². The van der Waals surface area contributed by atoms with Crippen LogP contribution in [0.4, 0.5) is 0 Å². The van der Waals surface area contributed by atoms with Crippen molar-refractivity contribution in [3.05, 3.63) is 65.5 Å². The molecule has 0 unspecified atom stereocenters. The molecule has 0 aliphatic rings. The van der Waals surface area contributed by atoms with Gasteiger partial charge in [-0.2, -0.15) is 0 Å². The maximum absolute atomic E-state index is 12.2. The SMILES string of the molecule is C=CCOc1cc(-c2nc3ccccc3c(=O)[nH]2)ccc1OC. The highest BCUT2D eigenvalue weighted by molar-refractivity contribution is 5.79. The van der Waals surface area contributed by atoms with Crippen molar-refractivity contribution >= 4 is 10.9 Å². The van der Waals surface area contributed by atoms with Gasteiger partial charge in [-0.3, -0.25) is 4.79 Å². The number of methoxy groups -OCH3 is 1. The standard InChI is InChI=1S/C18H16N2O3/c1-3-10-23-16-11-12(8-9-15(16)22-2)17-19-14-7-5-4-6-13(14)18(21)20-17/h3-9,11H,1,10H2,2H3,(H,19,20,21). The third-order valence-electron chi connectivity index (χ3n) is 3.41. The van der Waals surface area contributed by atoms with Crippen LogP contribution in [0.15, 0.2) is 59.9 Å². The molecule has 0 atom stereocenters. The van der Waals surface area contributed by atoms with Crippen LogP contribution in [-0.4, -0.2) is 23.7 Å². The smallest absolute Gasteiger partial charge is 0.259 e. The van der Waals surface area contributed by atoms with E-state index in [0.29, 0.717) is 34.8 Å². The van der Waals surface area contributed by atoms with Crippen LogP contribution in [0.1, 0.15) is 0 Å². The lowest BCUT2D eigenvalue weighted by Crippen LogP contribution is -2.09. The molecular weight excluding hydrogens is 292 g/mol. The summed E-state index contributed by atoms with van der Waals surface area (Å²) in [5.41, 5.74) is 1.22. The number of nitrogens with zero attached hydrogens (tertiary/aromatic N) is 1. The van der Waals surface area contributed by atoms with E-state index in [1.165, 1.54) is 0 Å². The number of rotatable bonds is 5. The molecule has 5 heteroatoms. The van der Waals surface area contributed by atoms with Crippen LogP contribution in [0.25, 0.3) is 22.3 Å². The van der Waals surface area contributed by atoms with Crippen LogP contribution < -0.4 is 15.0 Å². The topological polar surface area (TPSA) is 64.2 Å². The Balaban J connectivity index is 2.11. The summed E-state index contributed by atoms with van der Waals surface area (Å²) in [4.78, 5) is 19.5. The highest BCUT2D eigenvalue weighted by Gasteiger charge is 2.10. The van der Waals surface area contributed by atoms with E-state index in [-0.39, 0.29) is 5.56 Å². The van der Waals surface area contributed by atoms with E-state index in [4.69, 9.17) is 9.47 Å². The predicted octanol–water partition coefficient (Wildman–Crippen LogP) is 3.16. The summed E-state index contributed by atoms with van der Waals surface area (Å²) in [6, 6.07) is 12.6. The maximum Gasteiger partial charge on any atom is 0.259 e. The second-order valence-corrected chi connectivity index (χ2v) is 4.90. The maximum atomic E-state index is 12.2. The molecule has 23 heavy (non-hydrogen) atoms. The van der Waals surface area contributed by atoms with Crippen molar-refractivity contribution in [2.75, 3.05) is 13.7 Å². The highest BCUT2D eigenvalue weighted by Crippen LogP contribution is 2.31. The summed E-state index contributed by atoms with van der Waals surface area (Å²) < 4.78 is 10.9. The average Bonchev–Trinajstić information content (AvgIpc) is 2.59. The molecule has 0 fully saturated rings. The van der Waals surface area contributed by atoms with Gasteiger partial charge in [-0.1, -0.05) is 24.8 Å². The zero-order chi connectivity index (χ0) is 16.2. The largest absolute Gasteiger partial charge is 0.493 e. The number of benzene rings is 2. The number of para-hydroxylation sites is 1. The molecule has 2 aromatic carbocycles. The first-order valence-corrected chi connectivity index (χ1v) is 7.14. The summed E-state index contributed by atoms with van der Waals surface area (Å²) >= 11 is 0. The lowest BCUT2D eigenvalue weighted by Gasteiger charge is -2.11. The Morgan fingerprint density at radius 2 is 2.04 bits per heavy atom. The summed E-state index contributed by atoms with van der Waals surface area (Å²) in [6.45, 7) is 3.99. The third-order valence-corrected chi connectivity index (χ3v) is 3.41. The van der Waals surface area contributed by atoms with Crippen molar-refractivity contribution in [3.63, 3.8) is 0 Å². The lowest BCUT2D eigenvalue weighted by atomic mass is 10.1. The molecule has 0 amide bonds. The first-order chi connectivity index (χ1) is 11.2. The minimum Gasteiger partial charge on any atom is -0.493 e. The number of aromatic amines is 1. The van der Waals surface area contributed by atoms with Gasteiger partial charge in [-0.25, -0.2) is 4.98 Å². The van der Waals surface area contributed by atoms with Crippen LogP contribution in [0.5, 0.6) is 11.5 Å². The van der Waals surface area contributed by atoms with Crippen molar-refractivity contribution in [1.82, 2.24) is 9.97 Å². The van der Waals surface area contributed by atoms with Gasteiger partial charge in [0.15, 0.2) is 11.5 Å². The second-order valence-electron chi connectivity index (χ2n) is 4.90. The molecule has 0 spiro atoms. The minimum absolute atomic E-state index is 0.171. The molecule has 1 aromatic heterocycles. The van der Waals surface area contributed by atoms with Crippen molar-refractivity contribution < 1.29 is 9.47 Å². The molecule has 116 valence electrons. The van der Waals surface area contributed by atoms with E-state index in [1.807, 2.05) is 24.3 Å². The highest BCUT2D eigenvalue weighted by atomic mass is 16.5. The fraction of sp³-hybridized carbons (Fsp3) is 0.111. The van der Waals surface area contributed by atoms with Gasteiger partial charge in [0.1, 0.15) is 12.4 Å². The van der Waals surface area contributed by atoms with Gasteiger partial charge in [-0.05, 0) is 30.3 Å². The Kier molecular flexibility index (Phi) is 4.10. The number of H-pyrrole nitrogens is 1. The monoisotopic (exact) mass is 308 g/mol. The molecule has 0 radical (unpaired) electrons. The Morgan fingerprint density at radius 3 is 2.83 bits per heavy atom. The fourth-order valence-electron chi connectivity index (χ4n) is 2.31. The summed E-state index contributed by atoms with van der Waals surface area (Å²) in [6.07, 6.45) is 1.66. The minimum atomic E-state index is -0.171. The number of ether oxygens (including phenoxy) is 2. The summed E-state index contributed by atoms with van der Waals surface area (Å²) in [5, 5.41) is 0.563. The molecule has 1 heterocycles. The van der Waals surface area contributed by atoms with Crippen molar-refractivity contribution in [3.8, 4) is 22.9 Å². The van der Waals surface area contributed by atoms with E-state index >= 15 is 0 Å². The third kappa shape index (κ3) is 2.94. The zero-order valence-corrected chi connectivity index (χ0v) is 12.7. The summed E-state index contributed by atoms with van der Waals surface area (Å²) in [5.74, 6) is 1.67. The molecule has 0 bridgehead atoms. The first-order valence-electron chi connectivity index (χ1n) is 7.14.